The molecule has 0 aromatic carbocycles. The third kappa shape index (κ3) is 2.95. The van der Waals surface area contributed by atoms with Gasteiger partial charge in [0, 0.05) is 12.6 Å². The van der Waals surface area contributed by atoms with Gasteiger partial charge in [-0.25, -0.2) is 0 Å². The van der Waals surface area contributed by atoms with E-state index in [-0.39, 0.29) is 25.6 Å². The van der Waals surface area contributed by atoms with E-state index in [9.17, 15) is 18.0 Å². The third-order valence-corrected chi connectivity index (χ3v) is 4.83. The number of hydrogen-bond acceptors (Lipinski definition) is 2. The minimum absolute atomic E-state index is 0.0963. The van der Waals surface area contributed by atoms with Crippen molar-refractivity contribution in [1.29, 1.82) is 0 Å². The van der Waals surface area contributed by atoms with E-state index in [1.165, 1.54) is 0 Å². The van der Waals surface area contributed by atoms with E-state index in [0.29, 0.717) is 5.92 Å². The number of hydrogen-bond donors (Lipinski definition) is 2. The van der Waals surface area contributed by atoms with Gasteiger partial charge < -0.3 is 10.6 Å². The second-order valence-electron chi connectivity index (χ2n) is 6.12. The molecule has 0 bridgehead atoms. The van der Waals surface area contributed by atoms with E-state index in [1.54, 1.807) is 0 Å². The highest BCUT2D eigenvalue weighted by Gasteiger charge is 2.61. The van der Waals surface area contributed by atoms with Crippen molar-refractivity contribution in [3.8, 4) is 0 Å². The third-order valence-electron chi connectivity index (χ3n) is 4.83. The van der Waals surface area contributed by atoms with Gasteiger partial charge in [0.25, 0.3) is 0 Å². The number of carbonyl (C=O) groups excluding carboxylic acids is 1. The normalized spacial score (nSPS) is 35.0. The number of halogens is 3. The van der Waals surface area contributed by atoms with Crippen LogP contribution in [0.4, 0.5) is 13.2 Å². The molecule has 0 spiro atoms. The van der Waals surface area contributed by atoms with Crippen molar-refractivity contribution < 1.29 is 18.0 Å². The first-order valence-electron chi connectivity index (χ1n) is 7.47. The van der Waals surface area contributed by atoms with E-state index in [0.717, 1.165) is 32.1 Å². The van der Waals surface area contributed by atoms with Gasteiger partial charge in [0.15, 0.2) is 5.41 Å². The van der Waals surface area contributed by atoms with Crippen LogP contribution in [0.2, 0.25) is 0 Å². The van der Waals surface area contributed by atoms with Crippen molar-refractivity contribution >= 4 is 5.91 Å². The summed E-state index contributed by atoms with van der Waals surface area (Å²) in [6.45, 7) is 2.04. The van der Waals surface area contributed by atoms with Crippen LogP contribution in [0.5, 0.6) is 0 Å². The summed E-state index contributed by atoms with van der Waals surface area (Å²) in [5, 5.41) is 5.35. The molecular formula is C14H23F3N2O. The lowest BCUT2D eigenvalue weighted by Crippen LogP contribution is -2.54. The van der Waals surface area contributed by atoms with Gasteiger partial charge in [-0.15, -0.1) is 0 Å². The molecule has 3 nitrogen and oxygen atoms in total. The molecule has 1 saturated heterocycles. The average molecular weight is 292 g/mol. The molecule has 3 unspecified atom stereocenters. The van der Waals surface area contributed by atoms with Gasteiger partial charge in [0.2, 0.25) is 5.91 Å². The second kappa shape index (κ2) is 5.92. The largest absolute Gasteiger partial charge is 0.404 e. The quantitative estimate of drug-likeness (QED) is 0.839. The molecule has 2 N–H and O–H groups in total. The lowest BCUT2D eigenvalue weighted by atomic mass is 9.81. The van der Waals surface area contributed by atoms with E-state index in [4.69, 9.17) is 0 Å². The Morgan fingerprint density at radius 2 is 2.15 bits per heavy atom. The van der Waals surface area contributed by atoms with Crippen LogP contribution >= 0.6 is 0 Å². The van der Waals surface area contributed by atoms with E-state index < -0.39 is 17.5 Å². The zero-order valence-electron chi connectivity index (χ0n) is 11.9. The molecule has 2 fully saturated rings. The highest BCUT2D eigenvalue weighted by atomic mass is 19.4. The van der Waals surface area contributed by atoms with E-state index >= 15 is 0 Å². The zero-order chi connectivity index (χ0) is 14.8. The summed E-state index contributed by atoms with van der Waals surface area (Å²) in [5.74, 6) is -0.311. The van der Waals surface area contributed by atoms with Crippen LogP contribution in [-0.2, 0) is 4.79 Å². The maximum Gasteiger partial charge on any atom is 0.404 e. The van der Waals surface area contributed by atoms with Gasteiger partial charge in [-0.05, 0) is 31.7 Å². The molecule has 2 rings (SSSR count). The maximum absolute atomic E-state index is 13.3. The fourth-order valence-electron chi connectivity index (χ4n) is 3.37. The molecule has 116 valence electrons. The van der Waals surface area contributed by atoms with E-state index in [1.807, 2.05) is 0 Å². The molecule has 20 heavy (non-hydrogen) atoms. The predicted molar refractivity (Wildman–Crippen MR) is 70.2 cm³/mol. The van der Waals surface area contributed by atoms with Crippen LogP contribution in [-0.4, -0.2) is 31.2 Å². The number of alkyl halides is 3. The molecule has 3 atom stereocenters. The Bertz CT molecular complexity index is 351. The smallest absolute Gasteiger partial charge is 0.353 e. The molecule has 1 aliphatic heterocycles. The summed E-state index contributed by atoms with van der Waals surface area (Å²) in [4.78, 5) is 12.2. The summed E-state index contributed by atoms with van der Waals surface area (Å²) in [6.07, 6.45) is 0.0901. The van der Waals surface area contributed by atoms with Crippen LogP contribution in [0.25, 0.3) is 0 Å². The Hall–Kier alpha value is -0.780. The van der Waals surface area contributed by atoms with Gasteiger partial charge in [0.05, 0.1) is 0 Å². The molecule has 2 aliphatic rings. The molecule has 1 heterocycles. The van der Waals surface area contributed by atoms with Crippen molar-refractivity contribution in [1.82, 2.24) is 10.6 Å². The standard InChI is InChI=1S/C14H23F3N2O/c1-2-10-4-3-5-11(8-10)19-12(20)13(14(15,16)17)6-7-18-9-13/h10-11,18H,2-9H2,1H3,(H,19,20). The van der Waals surface area contributed by atoms with Crippen LogP contribution in [0, 0.1) is 11.3 Å². The monoisotopic (exact) mass is 292 g/mol. The fraction of sp³-hybridized carbons (Fsp3) is 0.929. The molecule has 0 aromatic rings. The van der Waals surface area contributed by atoms with Gasteiger partial charge in [0.1, 0.15) is 0 Å². The summed E-state index contributed by atoms with van der Waals surface area (Å²) < 4.78 is 39.8. The Morgan fingerprint density at radius 3 is 2.70 bits per heavy atom. The Kier molecular flexibility index (Phi) is 4.62. The van der Waals surface area contributed by atoms with Crippen molar-refractivity contribution in [2.45, 2.75) is 57.7 Å². The average Bonchev–Trinajstić information content (AvgIpc) is 2.89. The van der Waals surface area contributed by atoms with Crippen molar-refractivity contribution in [2.24, 2.45) is 11.3 Å². The summed E-state index contributed by atoms with van der Waals surface area (Å²) in [6, 6.07) is -0.0963. The predicted octanol–water partition coefficient (Wildman–Crippen LogP) is 2.61. The van der Waals surface area contributed by atoms with Gasteiger partial charge >= 0.3 is 6.18 Å². The molecule has 1 saturated carbocycles. The summed E-state index contributed by atoms with van der Waals surface area (Å²) >= 11 is 0. The number of nitrogens with one attached hydrogen (secondary N) is 2. The minimum atomic E-state index is -4.49. The molecule has 1 aliphatic carbocycles. The topological polar surface area (TPSA) is 41.1 Å². The van der Waals surface area contributed by atoms with Crippen molar-refractivity contribution in [3.05, 3.63) is 0 Å². The van der Waals surface area contributed by atoms with Crippen LogP contribution < -0.4 is 10.6 Å². The van der Waals surface area contributed by atoms with E-state index in [2.05, 4.69) is 17.6 Å². The number of carbonyl (C=O) groups is 1. The van der Waals surface area contributed by atoms with Crippen LogP contribution in [0.1, 0.15) is 45.4 Å². The van der Waals surface area contributed by atoms with Crippen molar-refractivity contribution in [3.63, 3.8) is 0 Å². The number of rotatable bonds is 3. The summed E-state index contributed by atoms with van der Waals surface area (Å²) in [7, 11) is 0. The van der Waals surface area contributed by atoms with Gasteiger partial charge in [-0.3, -0.25) is 4.79 Å². The van der Waals surface area contributed by atoms with Crippen molar-refractivity contribution in [2.75, 3.05) is 13.1 Å². The molecular weight excluding hydrogens is 269 g/mol. The van der Waals surface area contributed by atoms with Crippen LogP contribution in [0.3, 0.4) is 0 Å². The van der Waals surface area contributed by atoms with Gasteiger partial charge in [-0.1, -0.05) is 26.2 Å². The van der Waals surface area contributed by atoms with Crippen LogP contribution in [0.15, 0.2) is 0 Å². The molecule has 6 heteroatoms. The fourth-order valence-corrected chi connectivity index (χ4v) is 3.37. The first kappa shape index (κ1) is 15.6. The lowest BCUT2D eigenvalue weighted by molar-refractivity contribution is -0.216. The Labute approximate surface area is 117 Å². The first-order chi connectivity index (χ1) is 9.39. The SMILES string of the molecule is CCC1CCCC(NC(=O)C2(C(F)(F)F)CCNC2)C1. The molecule has 0 radical (unpaired) electrons. The maximum atomic E-state index is 13.3. The highest BCUT2D eigenvalue weighted by Crippen LogP contribution is 2.43. The minimum Gasteiger partial charge on any atom is -0.353 e. The molecule has 0 aromatic heterocycles. The Morgan fingerprint density at radius 1 is 1.40 bits per heavy atom. The summed E-state index contributed by atoms with van der Waals surface area (Å²) in [5.41, 5.74) is -2.23. The second-order valence-corrected chi connectivity index (χ2v) is 6.12. The molecule has 1 amide bonds. The zero-order valence-corrected chi connectivity index (χ0v) is 11.9. The Balaban J connectivity index is 2.02. The van der Waals surface area contributed by atoms with Gasteiger partial charge in [-0.2, -0.15) is 13.2 Å². The first-order valence-corrected chi connectivity index (χ1v) is 7.47. The highest BCUT2D eigenvalue weighted by molar-refractivity contribution is 5.84. The number of amides is 1. The lowest BCUT2D eigenvalue weighted by Gasteiger charge is -2.34.